The van der Waals surface area contributed by atoms with Gasteiger partial charge in [-0.3, -0.25) is 4.79 Å². The number of ketones is 1. The highest BCUT2D eigenvalue weighted by molar-refractivity contribution is 7.98. The lowest BCUT2D eigenvalue weighted by molar-refractivity contribution is 0.101. The van der Waals surface area contributed by atoms with Crippen molar-refractivity contribution < 1.29 is 9.53 Å². The summed E-state index contributed by atoms with van der Waals surface area (Å²) in [5.41, 5.74) is 3.94. The van der Waals surface area contributed by atoms with Gasteiger partial charge >= 0.3 is 0 Å². The minimum atomic E-state index is 0.0634. The number of Topliss-reactive ketones (excluding diaryl/α,β-unsaturated/α-hetero) is 1. The highest BCUT2D eigenvalue weighted by atomic mass is 32.2. The van der Waals surface area contributed by atoms with Crippen LogP contribution < -0.4 is 4.74 Å². The van der Waals surface area contributed by atoms with Crippen LogP contribution in [0, 0.1) is 13.8 Å². The van der Waals surface area contributed by atoms with E-state index in [0.717, 1.165) is 27.8 Å². The molecule has 0 aliphatic rings. The van der Waals surface area contributed by atoms with Crippen molar-refractivity contribution in [3.63, 3.8) is 0 Å². The fourth-order valence-corrected chi connectivity index (χ4v) is 3.15. The number of aryl methyl sites for hydroxylation is 2. The summed E-state index contributed by atoms with van der Waals surface area (Å²) in [6.45, 7) is 5.63. The third kappa shape index (κ3) is 4.08. The molecule has 0 atom stereocenters. The van der Waals surface area contributed by atoms with Gasteiger partial charge in [0.25, 0.3) is 0 Å². The van der Waals surface area contributed by atoms with E-state index in [1.807, 2.05) is 19.1 Å². The van der Waals surface area contributed by atoms with E-state index in [1.165, 1.54) is 5.56 Å². The molecular weight excluding hydrogens is 282 g/mol. The molecule has 2 rings (SSSR count). The molecular formula is C17H19NO2S. The Hall–Kier alpha value is -1.81. The fraction of sp³-hybridized carbons (Fsp3) is 0.294. The van der Waals surface area contributed by atoms with Crippen LogP contribution in [0.5, 0.6) is 5.75 Å². The normalized spacial score (nSPS) is 10.5. The lowest BCUT2D eigenvalue weighted by Crippen LogP contribution is -1.97. The summed E-state index contributed by atoms with van der Waals surface area (Å²) in [6.07, 6.45) is 0. The van der Waals surface area contributed by atoms with E-state index in [-0.39, 0.29) is 5.78 Å². The molecule has 0 bridgehead atoms. The van der Waals surface area contributed by atoms with Crippen molar-refractivity contribution in [3.05, 3.63) is 52.7 Å². The second-order valence-electron chi connectivity index (χ2n) is 5.00. The predicted molar refractivity (Wildman–Crippen MR) is 86.3 cm³/mol. The molecule has 0 radical (unpaired) electrons. The van der Waals surface area contributed by atoms with Crippen molar-refractivity contribution >= 4 is 17.5 Å². The van der Waals surface area contributed by atoms with E-state index in [1.54, 1.807) is 31.9 Å². The van der Waals surface area contributed by atoms with E-state index in [2.05, 4.69) is 24.0 Å². The highest BCUT2D eigenvalue weighted by Crippen LogP contribution is 2.28. The van der Waals surface area contributed by atoms with Crippen LogP contribution in [-0.4, -0.2) is 17.9 Å². The van der Waals surface area contributed by atoms with Crippen LogP contribution in [0.2, 0.25) is 0 Å². The van der Waals surface area contributed by atoms with Gasteiger partial charge in [0, 0.05) is 22.6 Å². The molecule has 0 aliphatic heterocycles. The van der Waals surface area contributed by atoms with Gasteiger partial charge < -0.3 is 4.74 Å². The topological polar surface area (TPSA) is 39.2 Å². The molecule has 4 heteroatoms. The standard InChI is InChI=1S/C17H19NO2S/c1-11-7-12(2)18-17(8-11)21-10-15-9-14(13(3)19)5-6-16(15)20-4/h5-9H,10H2,1-4H3. The Balaban J connectivity index is 2.21. The van der Waals surface area contributed by atoms with Crippen LogP contribution >= 0.6 is 11.8 Å². The molecule has 110 valence electrons. The Morgan fingerprint density at radius 1 is 1.24 bits per heavy atom. The van der Waals surface area contributed by atoms with Crippen LogP contribution in [-0.2, 0) is 5.75 Å². The first-order chi connectivity index (χ1) is 9.99. The number of rotatable bonds is 5. The van der Waals surface area contributed by atoms with E-state index < -0.39 is 0 Å². The summed E-state index contributed by atoms with van der Waals surface area (Å²) in [6, 6.07) is 9.67. The average molecular weight is 301 g/mol. The van der Waals surface area contributed by atoms with Gasteiger partial charge in [-0.05, 0) is 56.7 Å². The SMILES string of the molecule is COc1ccc(C(C)=O)cc1CSc1cc(C)cc(C)n1. The largest absolute Gasteiger partial charge is 0.496 e. The van der Waals surface area contributed by atoms with Crippen LogP contribution in [0.15, 0.2) is 35.4 Å². The number of thioether (sulfide) groups is 1. The Morgan fingerprint density at radius 2 is 2.00 bits per heavy atom. The Morgan fingerprint density at radius 3 is 2.62 bits per heavy atom. The lowest BCUT2D eigenvalue weighted by atomic mass is 10.1. The number of benzene rings is 1. The summed E-state index contributed by atoms with van der Waals surface area (Å²) in [4.78, 5) is 16.0. The van der Waals surface area contributed by atoms with Crippen molar-refractivity contribution in [2.45, 2.75) is 31.6 Å². The molecule has 0 aliphatic carbocycles. The van der Waals surface area contributed by atoms with Gasteiger partial charge in [-0.1, -0.05) is 0 Å². The Bertz CT molecular complexity index is 648. The van der Waals surface area contributed by atoms with Crippen molar-refractivity contribution in [1.82, 2.24) is 4.98 Å². The molecule has 0 saturated heterocycles. The number of hydrogen-bond donors (Lipinski definition) is 0. The molecule has 0 fully saturated rings. The quantitative estimate of drug-likeness (QED) is 0.613. The maximum atomic E-state index is 11.5. The van der Waals surface area contributed by atoms with Crippen LogP contribution in [0.1, 0.15) is 34.1 Å². The molecule has 2 aromatic rings. The zero-order valence-corrected chi connectivity index (χ0v) is 13.6. The molecule has 0 saturated carbocycles. The highest BCUT2D eigenvalue weighted by Gasteiger charge is 2.08. The number of carbonyl (C=O) groups excluding carboxylic acids is 1. The molecule has 0 amide bonds. The second kappa shape index (κ2) is 6.76. The Labute approximate surface area is 129 Å². The summed E-state index contributed by atoms with van der Waals surface area (Å²) in [5, 5.41) is 0.989. The van der Waals surface area contributed by atoms with E-state index >= 15 is 0 Å². The van der Waals surface area contributed by atoms with E-state index in [9.17, 15) is 4.79 Å². The lowest BCUT2D eigenvalue weighted by Gasteiger charge is -2.10. The number of ether oxygens (including phenoxy) is 1. The van der Waals surface area contributed by atoms with Gasteiger partial charge in [-0.15, -0.1) is 11.8 Å². The van der Waals surface area contributed by atoms with Gasteiger partial charge in [-0.2, -0.15) is 0 Å². The third-order valence-corrected chi connectivity index (χ3v) is 4.10. The zero-order valence-electron chi connectivity index (χ0n) is 12.8. The minimum Gasteiger partial charge on any atom is -0.496 e. The zero-order chi connectivity index (χ0) is 15.4. The molecule has 0 N–H and O–H groups in total. The van der Waals surface area contributed by atoms with Gasteiger partial charge in [-0.25, -0.2) is 4.98 Å². The summed E-state index contributed by atoms with van der Waals surface area (Å²) in [7, 11) is 1.64. The average Bonchev–Trinajstić information content (AvgIpc) is 2.43. The van der Waals surface area contributed by atoms with Gasteiger partial charge in [0.1, 0.15) is 5.75 Å². The summed E-state index contributed by atoms with van der Waals surface area (Å²) in [5.74, 6) is 1.59. The molecule has 0 spiro atoms. The number of hydrogen-bond acceptors (Lipinski definition) is 4. The van der Waals surface area contributed by atoms with Crippen molar-refractivity contribution in [3.8, 4) is 5.75 Å². The first-order valence-corrected chi connectivity index (χ1v) is 7.74. The number of pyridine rings is 1. The molecule has 3 nitrogen and oxygen atoms in total. The molecule has 1 aromatic heterocycles. The molecule has 1 heterocycles. The number of carbonyl (C=O) groups is 1. The maximum Gasteiger partial charge on any atom is 0.159 e. The summed E-state index contributed by atoms with van der Waals surface area (Å²) >= 11 is 1.65. The molecule has 0 unspecified atom stereocenters. The Kier molecular flexibility index (Phi) is 5.02. The molecule has 21 heavy (non-hydrogen) atoms. The monoisotopic (exact) mass is 301 g/mol. The first kappa shape index (κ1) is 15.6. The third-order valence-electron chi connectivity index (χ3n) is 3.14. The molecule has 1 aromatic carbocycles. The van der Waals surface area contributed by atoms with Crippen LogP contribution in [0.3, 0.4) is 0 Å². The number of nitrogens with zero attached hydrogens (tertiary/aromatic N) is 1. The van der Waals surface area contributed by atoms with Crippen molar-refractivity contribution in [2.24, 2.45) is 0 Å². The summed E-state index contributed by atoms with van der Waals surface area (Å²) < 4.78 is 5.37. The first-order valence-electron chi connectivity index (χ1n) is 6.75. The predicted octanol–water partition coefficient (Wildman–Crippen LogP) is 4.20. The van der Waals surface area contributed by atoms with Crippen molar-refractivity contribution in [2.75, 3.05) is 7.11 Å². The van der Waals surface area contributed by atoms with Gasteiger partial charge in [0.05, 0.1) is 12.1 Å². The number of aromatic nitrogens is 1. The maximum absolute atomic E-state index is 11.5. The van der Waals surface area contributed by atoms with E-state index in [0.29, 0.717) is 5.56 Å². The minimum absolute atomic E-state index is 0.0634. The second-order valence-corrected chi connectivity index (χ2v) is 5.99. The van der Waals surface area contributed by atoms with Gasteiger partial charge in [0.15, 0.2) is 5.78 Å². The smallest absolute Gasteiger partial charge is 0.159 e. The van der Waals surface area contributed by atoms with Crippen LogP contribution in [0.25, 0.3) is 0 Å². The van der Waals surface area contributed by atoms with Gasteiger partial charge in [0.2, 0.25) is 0 Å². The van der Waals surface area contributed by atoms with E-state index in [4.69, 9.17) is 4.74 Å². The van der Waals surface area contributed by atoms with Crippen LogP contribution in [0.4, 0.5) is 0 Å². The number of methoxy groups -OCH3 is 1. The fourth-order valence-electron chi connectivity index (χ4n) is 2.14. The van der Waals surface area contributed by atoms with Crippen molar-refractivity contribution in [1.29, 1.82) is 0 Å².